The van der Waals surface area contributed by atoms with Crippen LogP contribution >= 0.6 is 11.8 Å². The number of nitrogens with one attached hydrogen (secondary N) is 1. The molecule has 0 aliphatic heterocycles. The van der Waals surface area contributed by atoms with Gasteiger partial charge in [-0.05, 0) is 25.1 Å². The molecule has 6 heteroatoms. The molecule has 1 unspecified atom stereocenters. The van der Waals surface area contributed by atoms with Crippen LogP contribution in [0, 0.1) is 0 Å². The summed E-state index contributed by atoms with van der Waals surface area (Å²) >= 11 is 1.33. The van der Waals surface area contributed by atoms with Crippen molar-refractivity contribution in [2.45, 2.75) is 17.3 Å². The number of fused-ring (bicyclic) bond motifs is 1. The van der Waals surface area contributed by atoms with E-state index in [1.54, 1.807) is 13.0 Å². The quantitative estimate of drug-likeness (QED) is 0.494. The van der Waals surface area contributed by atoms with Crippen LogP contribution in [0.4, 0.5) is 5.69 Å². The minimum atomic E-state index is -0.294. The second-order valence-corrected chi connectivity index (χ2v) is 4.93. The number of aromatic amines is 1. The molecule has 2 rings (SSSR count). The van der Waals surface area contributed by atoms with Gasteiger partial charge in [0.15, 0.2) is 5.16 Å². The maximum atomic E-state index is 11.3. The van der Waals surface area contributed by atoms with Crippen LogP contribution in [-0.4, -0.2) is 28.3 Å². The molecule has 0 saturated carbocycles. The summed E-state index contributed by atoms with van der Waals surface area (Å²) < 4.78 is 4.66. The molecule has 1 atom stereocenters. The number of methoxy groups -OCH3 is 1. The number of aromatic nitrogens is 2. The van der Waals surface area contributed by atoms with Gasteiger partial charge in [-0.25, -0.2) is 4.98 Å². The molecule has 1 aromatic carbocycles. The second kappa shape index (κ2) is 4.67. The Morgan fingerprint density at radius 3 is 3.06 bits per heavy atom. The Hall–Kier alpha value is -1.69. The number of carbonyl (C=O) groups excluding carboxylic acids is 1. The van der Waals surface area contributed by atoms with E-state index in [1.807, 2.05) is 12.1 Å². The van der Waals surface area contributed by atoms with E-state index in [1.165, 1.54) is 18.9 Å². The molecular weight excluding hydrogens is 238 g/mol. The predicted octanol–water partition coefficient (Wildman–Crippen LogP) is 1.80. The number of hydrogen-bond donors (Lipinski definition) is 2. The van der Waals surface area contributed by atoms with Gasteiger partial charge < -0.3 is 15.5 Å². The van der Waals surface area contributed by atoms with Gasteiger partial charge in [-0.1, -0.05) is 11.8 Å². The van der Waals surface area contributed by atoms with Crippen LogP contribution in [0.5, 0.6) is 0 Å². The molecular formula is C11H13N3O2S. The molecule has 0 aliphatic rings. The van der Waals surface area contributed by atoms with Crippen molar-refractivity contribution in [1.29, 1.82) is 0 Å². The van der Waals surface area contributed by atoms with Gasteiger partial charge in [-0.3, -0.25) is 4.79 Å². The number of anilines is 1. The summed E-state index contributed by atoms with van der Waals surface area (Å²) in [5.74, 6) is -0.269. The molecule has 0 fully saturated rings. The molecule has 0 radical (unpaired) electrons. The highest BCUT2D eigenvalue weighted by molar-refractivity contribution is 8.00. The Bertz CT molecular complexity index is 553. The molecule has 0 spiro atoms. The molecule has 5 nitrogen and oxygen atoms in total. The molecule has 0 amide bonds. The van der Waals surface area contributed by atoms with Crippen molar-refractivity contribution >= 4 is 34.5 Å². The Morgan fingerprint density at radius 1 is 1.59 bits per heavy atom. The lowest BCUT2D eigenvalue weighted by molar-refractivity contribution is -0.139. The average molecular weight is 251 g/mol. The Kier molecular flexibility index (Phi) is 3.23. The topological polar surface area (TPSA) is 81.0 Å². The lowest BCUT2D eigenvalue weighted by Gasteiger charge is -2.05. The molecule has 90 valence electrons. The number of esters is 1. The summed E-state index contributed by atoms with van der Waals surface area (Å²) in [5, 5.41) is 0.390. The number of thioether (sulfide) groups is 1. The highest BCUT2D eigenvalue weighted by atomic mass is 32.2. The van der Waals surface area contributed by atoms with Crippen molar-refractivity contribution in [1.82, 2.24) is 9.97 Å². The highest BCUT2D eigenvalue weighted by Gasteiger charge is 2.16. The Balaban J connectivity index is 2.22. The number of benzene rings is 1. The van der Waals surface area contributed by atoms with Gasteiger partial charge >= 0.3 is 5.97 Å². The minimum absolute atomic E-state index is 0.269. The first-order chi connectivity index (χ1) is 8.10. The molecule has 0 bridgehead atoms. The smallest absolute Gasteiger partial charge is 0.318 e. The number of rotatable bonds is 3. The lowest BCUT2D eigenvalue weighted by Crippen LogP contribution is -2.14. The largest absolute Gasteiger partial charge is 0.468 e. The lowest BCUT2D eigenvalue weighted by atomic mass is 10.3. The van der Waals surface area contributed by atoms with Crippen LogP contribution in [0.15, 0.2) is 23.4 Å². The van der Waals surface area contributed by atoms with Gasteiger partial charge in [0.25, 0.3) is 0 Å². The minimum Gasteiger partial charge on any atom is -0.468 e. The van der Waals surface area contributed by atoms with Crippen LogP contribution in [-0.2, 0) is 9.53 Å². The zero-order valence-corrected chi connectivity index (χ0v) is 10.4. The number of ether oxygens (including phenoxy) is 1. The zero-order valence-electron chi connectivity index (χ0n) is 9.56. The first kappa shape index (κ1) is 11.8. The number of nitrogens with zero attached hydrogens (tertiary/aromatic N) is 1. The summed E-state index contributed by atoms with van der Waals surface area (Å²) in [4.78, 5) is 18.7. The molecule has 1 heterocycles. The number of nitrogens with two attached hydrogens (primary N) is 1. The Labute approximate surface area is 103 Å². The number of hydrogen-bond acceptors (Lipinski definition) is 5. The van der Waals surface area contributed by atoms with Gasteiger partial charge in [0.2, 0.25) is 0 Å². The van der Waals surface area contributed by atoms with Gasteiger partial charge in [0.05, 0.1) is 18.1 Å². The summed E-state index contributed by atoms with van der Waals surface area (Å²) in [7, 11) is 1.37. The van der Waals surface area contributed by atoms with Gasteiger partial charge in [0.1, 0.15) is 5.25 Å². The van der Waals surface area contributed by atoms with Crippen molar-refractivity contribution < 1.29 is 9.53 Å². The zero-order chi connectivity index (χ0) is 12.4. The average Bonchev–Trinajstić information content (AvgIpc) is 2.69. The van der Waals surface area contributed by atoms with Crippen LogP contribution < -0.4 is 5.73 Å². The van der Waals surface area contributed by atoms with Gasteiger partial charge in [-0.2, -0.15) is 0 Å². The maximum Gasteiger partial charge on any atom is 0.318 e. The van der Waals surface area contributed by atoms with E-state index in [0.29, 0.717) is 10.8 Å². The summed E-state index contributed by atoms with van der Waals surface area (Å²) in [5.41, 5.74) is 8.05. The fraction of sp³-hybridized carbons (Fsp3) is 0.273. The van der Waals surface area contributed by atoms with Crippen molar-refractivity contribution in [3.63, 3.8) is 0 Å². The van der Waals surface area contributed by atoms with E-state index < -0.39 is 0 Å². The van der Waals surface area contributed by atoms with Gasteiger partial charge in [-0.15, -0.1) is 0 Å². The maximum absolute atomic E-state index is 11.3. The third kappa shape index (κ3) is 2.52. The number of imidazole rings is 1. The van der Waals surface area contributed by atoms with E-state index in [0.717, 1.165) is 11.0 Å². The number of carbonyl (C=O) groups is 1. The normalized spacial score (nSPS) is 12.6. The SMILES string of the molecule is COC(=O)C(C)Sc1nc2ccc(N)cc2[nH]1. The molecule has 0 aliphatic carbocycles. The van der Waals surface area contributed by atoms with E-state index in [-0.39, 0.29) is 11.2 Å². The third-order valence-corrected chi connectivity index (χ3v) is 3.27. The van der Waals surface area contributed by atoms with E-state index in [4.69, 9.17) is 5.73 Å². The van der Waals surface area contributed by atoms with Crippen LogP contribution in [0.1, 0.15) is 6.92 Å². The molecule has 3 N–H and O–H groups in total. The van der Waals surface area contributed by atoms with Crippen molar-refractivity contribution in [3.05, 3.63) is 18.2 Å². The van der Waals surface area contributed by atoms with E-state index in [9.17, 15) is 4.79 Å². The summed E-state index contributed by atoms with van der Waals surface area (Å²) in [6.45, 7) is 1.78. The monoisotopic (exact) mass is 251 g/mol. The van der Waals surface area contributed by atoms with Crippen LogP contribution in [0.25, 0.3) is 11.0 Å². The molecule has 2 aromatic rings. The summed E-state index contributed by atoms with van der Waals surface area (Å²) in [6, 6.07) is 5.45. The third-order valence-electron chi connectivity index (χ3n) is 2.31. The standard InChI is InChI=1S/C11H13N3O2S/c1-6(10(15)16-2)17-11-13-8-4-3-7(12)5-9(8)14-11/h3-6H,12H2,1-2H3,(H,13,14). The molecule has 0 saturated heterocycles. The second-order valence-electron chi connectivity index (χ2n) is 3.60. The molecule has 1 aromatic heterocycles. The van der Waals surface area contributed by atoms with Crippen LogP contribution in [0.2, 0.25) is 0 Å². The number of nitrogen functional groups attached to an aromatic ring is 1. The number of H-pyrrole nitrogens is 1. The Morgan fingerprint density at radius 2 is 2.35 bits per heavy atom. The highest BCUT2D eigenvalue weighted by Crippen LogP contribution is 2.24. The van der Waals surface area contributed by atoms with E-state index in [2.05, 4.69) is 14.7 Å². The predicted molar refractivity (Wildman–Crippen MR) is 67.8 cm³/mol. The van der Waals surface area contributed by atoms with Crippen molar-refractivity contribution in [2.75, 3.05) is 12.8 Å². The van der Waals surface area contributed by atoms with Crippen molar-refractivity contribution in [2.24, 2.45) is 0 Å². The summed E-state index contributed by atoms with van der Waals surface area (Å²) in [6.07, 6.45) is 0. The first-order valence-electron chi connectivity index (χ1n) is 5.10. The first-order valence-corrected chi connectivity index (χ1v) is 5.98. The van der Waals surface area contributed by atoms with Gasteiger partial charge in [0, 0.05) is 5.69 Å². The fourth-order valence-corrected chi connectivity index (χ4v) is 2.29. The fourth-order valence-electron chi connectivity index (χ4n) is 1.44. The van der Waals surface area contributed by atoms with Crippen LogP contribution in [0.3, 0.4) is 0 Å². The molecule has 17 heavy (non-hydrogen) atoms. The van der Waals surface area contributed by atoms with E-state index >= 15 is 0 Å². The van der Waals surface area contributed by atoms with Crippen molar-refractivity contribution in [3.8, 4) is 0 Å².